The van der Waals surface area contributed by atoms with E-state index in [1.165, 1.54) is 0 Å². The summed E-state index contributed by atoms with van der Waals surface area (Å²) in [7, 11) is 3.50. The highest BCUT2D eigenvalue weighted by molar-refractivity contribution is 5.78. The molecule has 0 aliphatic heterocycles. The molecule has 0 saturated carbocycles. The predicted octanol–water partition coefficient (Wildman–Crippen LogP) is 1.41. The van der Waals surface area contributed by atoms with E-state index < -0.39 is 0 Å². The molecule has 0 aliphatic carbocycles. The maximum Gasteiger partial charge on any atom is 0.236 e. The van der Waals surface area contributed by atoms with E-state index in [-0.39, 0.29) is 5.91 Å². The summed E-state index contributed by atoms with van der Waals surface area (Å²) in [6.07, 6.45) is 0. The molecule has 1 heterocycles. The number of amides is 1. The van der Waals surface area contributed by atoms with Crippen LogP contribution in [0.1, 0.15) is 5.69 Å². The van der Waals surface area contributed by atoms with Crippen LogP contribution in [0, 0.1) is 0 Å². The molecule has 1 aromatic heterocycles. The average Bonchev–Trinajstić information content (AvgIpc) is 2.38. The van der Waals surface area contributed by atoms with Crippen LogP contribution in [0.25, 0.3) is 10.9 Å². The van der Waals surface area contributed by atoms with Crippen LogP contribution < -0.4 is 5.32 Å². The standard InChI is InChI=1S/C14H17N3O/c1-17(2)14(18)10-15-9-12-8-7-11-5-3-4-6-13(11)16-12/h3-8,15H,9-10H2,1-2H3. The number of benzene rings is 1. The number of rotatable bonds is 4. The van der Waals surface area contributed by atoms with E-state index in [4.69, 9.17) is 0 Å². The maximum atomic E-state index is 11.4. The van der Waals surface area contributed by atoms with E-state index >= 15 is 0 Å². The molecule has 1 aromatic carbocycles. The van der Waals surface area contributed by atoms with E-state index in [1.807, 2.05) is 36.4 Å². The Morgan fingerprint density at radius 1 is 1.22 bits per heavy atom. The molecule has 0 bridgehead atoms. The van der Waals surface area contributed by atoms with Crippen LogP contribution in [0.5, 0.6) is 0 Å². The molecule has 1 N–H and O–H groups in total. The Hall–Kier alpha value is -1.94. The molecule has 18 heavy (non-hydrogen) atoms. The number of hydrogen-bond acceptors (Lipinski definition) is 3. The van der Waals surface area contributed by atoms with Gasteiger partial charge >= 0.3 is 0 Å². The lowest BCUT2D eigenvalue weighted by molar-refractivity contribution is -0.127. The second kappa shape index (κ2) is 5.60. The molecule has 2 rings (SSSR count). The van der Waals surface area contributed by atoms with Crippen molar-refractivity contribution in [2.75, 3.05) is 20.6 Å². The normalized spacial score (nSPS) is 10.6. The van der Waals surface area contributed by atoms with Gasteiger partial charge in [-0.15, -0.1) is 0 Å². The molecule has 0 fully saturated rings. The van der Waals surface area contributed by atoms with Gasteiger partial charge in [0.15, 0.2) is 0 Å². The highest BCUT2D eigenvalue weighted by Gasteiger charge is 2.03. The van der Waals surface area contributed by atoms with Crippen LogP contribution in [-0.4, -0.2) is 36.4 Å². The number of pyridine rings is 1. The molecular formula is C14H17N3O. The van der Waals surface area contributed by atoms with Crippen molar-refractivity contribution in [1.82, 2.24) is 15.2 Å². The highest BCUT2D eigenvalue weighted by atomic mass is 16.2. The van der Waals surface area contributed by atoms with Crippen molar-refractivity contribution in [1.29, 1.82) is 0 Å². The number of aromatic nitrogens is 1. The lowest BCUT2D eigenvalue weighted by atomic mass is 10.2. The third-order valence-electron chi connectivity index (χ3n) is 2.74. The minimum absolute atomic E-state index is 0.0655. The molecule has 94 valence electrons. The van der Waals surface area contributed by atoms with Gasteiger partial charge in [-0.1, -0.05) is 24.3 Å². The molecule has 2 aromatic rings. The molecule has 0 aliphatic rings. The van der Waals surface area contributed by atoms with E-state index in [1.54, 1.807) is 19.0 Å². The smallest absolute Gasteiger partial charge is 0.236 e. The Kier molecular flexibility index (Phi) is 3.89. The zero-order chi connectivity index (χ0) is 13.0. The van der Waals surface area contributed by atoms with E-state index in [0.717, 1.165) is 16.6 Å². The predicted molar refractivity (Wildman–Crippen MR) is 72.1 cm³/mol. The molecule has 0 unspecified atom stereocenters. The number of fused-ring (bicyclic) bond motifs is 1. The van der Waals surface area contributed by atoms with Gasteiger partial charge in [-0.2, -0.15) is 0 Å². The van der Waals surface area contributed by atoms with Gasteiger partial charge in [-0.25, -0.2) is 0 Å². The van der Waals surface area contributed by atoms with Crippen molar-refractivity contribution < 1.29 is 4.79 Å². The van der Waals surface area contributed by atoms with Gasteiger partial charge in [-0.3, -0.25) is 9.78 Å². The first-order valence-corrected chi connectivity index (χ1v) is 5.92. The Balaban J connectivity index is 1.98. The summed E-state index contributed by atoms with van der Waals surface area (Å²) < 4.78 is 0. The molecule has 0 saturated heterocycles. The topological polar surface area (TPSA) is 45.2 Å². The van der Waals surface area contributed by atoms with Crippen molar-refractivity contribution in [3.63, 3.8) is 0 Å². The van der Waals surface area contributed by atoms with Crippen molar-refractivity contribution in [3.05, 3.63) is 42.1 Å². The Labute approximate surface area is 107 Å². The first-order chi connectivity index (χ1) is 8.66. The molecule has 1 amide bonds. The first-order valence-electron chi connectivity index (χ1n) is 5.92. The van der Waals surface area contributed by atoms with Gasteiger partial charge in [0.2, 0.25) is 5.91 Å². The Bertz CT molecular complexity index is 551. The molecule has 4 heteroatoms. The molecular weight excluding hydrogens is 226 g/mol. The number of nitrogens with one attached hydrogen (secondary N) is 1. The third-order valence-corrected chi connectivity index (χ3v) is 2.74. The number of nitrogens with zero attached hydrogens (tertiary/aromatic N) is 2. The number of likely N-dealkylation sites (N-methyl/N-ethyl adjacent to an activating group) is 1. The number of hydrogen-bond donors (Lipinski definition) is 1. The Morgan fingerprint density at radius 3 is 2.78 bits per heavy atom. The summed E-state index contributed by atoms with van der Waals surface area (Å²) in [5.74, 6) is 0.0655. The summed E-state index contributed by atoms with van der Waals surface area (Å²) in [5, 5.41) is 4.22. The van der Waals surface area contributed by atoms with E-state index in [0.29, 0.717) is 13.1 Å². The fourth-order valence-electron chi connectivity index (χ4n) is 1.66. The van der Waals surface area contributed by atoms with E-state index in [9.17, 15) is 4.79 Å². The minimum atomic E-state index is 0.0655. The van der Waals surface area contributed by atoms with Crippen LogP contribution in [0.2, 0.25) is 0 Å². The fourth-order valence-corrected chi connectivity index (χ4v) is 1.66. The van der Waals surface area contributed by atoms with Crippen molar-refractivity contribution in [3.8, 4) is 0 Å². The largest absolute Gasteiger partial charge is 0.348 e. The lowest BCUT2D eigenvalue weighted by Gasteiger charge is -2.10. The first kappa shape index (κ1) is 12.5. The summed E-state index contributed by atoms with van der Waals surface area (Å²) in [6.45, 7) is 0.936. The molecule has 0 atom stereocenters. The number of para-hydroxylation sites is 1. The van der Waals surface area contributed by atoms with Crippen molar-refractivity contribution in [2.45, 2.75) is 6.54 Å². The fraction of sp³-hybridized carbons (Fsp3) is 0.286. The zero-order valence-electron chi connectivity index (χ0n) is 10.7. The molecule has 0 radical (unpaired) electrons. The lowest BCUT2D eigenvalue weighted by Crippen LogP contribution is -2.32. The van der Waals surface area contributed by atoms with Gasteiger partial charge < -0.3 is 10.2 Å². The zero-order valence-corrected chi connectivity index (χ0v) is 10.7. The quantitative estimate of drug-likeness (QED) is 0.883. The SMILES string of the molecule is CN(C)C(=O)CNCc1ccc2ccccc2n1. The molecule has 4 nitrogen and oxygen atoms in total. The third kappa shape index (κ3) is 3.05. The average molecular weight is 243 g/mol. The van der Waals surface area contributed by atoms with Crippen LogP contribution in [0.4, 0.5) is 0 Å². The van der Waals surface area contributed by atoms with Crippen molar-refractivity contribution >= 4 is 16.8 Å². The van der Waals surface area contributed by atoms with Crippen LogP contribution in [0.15, 0.2) is 36.4 Å². The summed E-state index contributed by atoms with van der Waals surface area (Å²) in [4.78, 5) is 17.5. The second-order valence-corrected chi connectivity index (χ2v) is 4.39. The molecule has 0 spiro atoms. The van der Waals surface area contributed by atoms with Crippen molar-refractivity contribution in [2.24, 2.45) is 0 Å². The van der Waals surface area contributed by atoms with Gasteiger partial charge in [-0.05, 0) is 12.1 Å². The number of carbonyl (C=O) groups excluding carboxylic acids is 1. The van der Waals surface area contributed by atoms with Gasteiger partial charge in [0, 0.05) is 26.0 Å². The van der Waals surface area contributed by atoms with Gasteiger partial charge in [0.05, 0.1) is 17.8 Å². The summed E-state index contributed by atoms with van der Waals surface area (Å²) >= 11 is 0. The van der Waals surface area contributed by atoms with Crippen LogP contribution in [0.3, 0.4) is 0 Å². The van der Waals surface area contributed by atoms with Crippen LogP contribution >= 0.6 is 0 Å². The van der Waals surface area contributed by atoms with Gasteiger partial charge in [0.1, 0.15) is 0 Å². The van der Waals surface area contributed by atoms with E-state index in [2.05, 4.69) is 10.3 Å². The van der Waals surface area contributed by atoms with Crippen LogP contribution in [-0.2, 0) is 11.3 Å². The summed E-state index contributed by atoms with van der Waals surface area (Å²) in [6, 6.07) is 12.0. The monoisotopic (exact) mass is 243 g/mol. The summed E-state index contributed by atoms with van der Waals surface area (Å²) in [5.41, 5.74) is 1.93. The van der Waals surface area contributed by atoms with Gasteiger partial charge in [0.25, 0.3) is 0 Å². The number of carbonyl (C=O) groups is 1. The minimum Gasteiger partial charge on any atom is -0.348 e. The second-order valence-electron chi connectivity index (χ2n) is 4.39. The highest BCUT2D eigenvalue weighted by Crippen LogP contribution is 2.11. The maximum absolute atomic E-state index is 11.4. The Morgan fingerprint density at radius 2 is 2.00 bits per heavy atom.